The van der Waals surface area contributed by atoms with Crippen molar-refractivity contribution in [3.05, 3.63) is 47.5 Å². The summed E-state index contributed by atoms with van der Waals surface area (Å²) in [7, 11) is 4.44. The summed E-state index contributed by atoms with van der Waals surface area (Å²) in [4.78, 5) is 26.5. The molecule has 2 atom stereocenters. The predicted molar refractivity (Wildman–Crippen MR) is 105 cm³/mol. The molecule has 8 heteroatoms. The van der Waals surface area contributed by atoms with Crippen LogP contribution in [-0.4, -0.2) is 39.1 Å². The van der Waals surface area contributed by atoms with Crippen molar-refractivity contribution >= 4 is 17.7 Å². The van der Waals surface area contributed by atoms with Crippen molar-refractivity contribution in [3.63, 3.8) is 0 Å². The Bertz CT molecular complexity index is 991. The number of methoxy groups -OCH3 is 3. The van der Waals surface area contributed by atoms with Crippen molar-refractivity contribution in [3.8, 4) is 17.2 Å². The molecule has 2 amide bonds. The Morgan fingerprint density at radius 1 is 1.17 bits per heavy atom. The lowest BCUT2D eigenvalue weighted by molar-refractivity contribution is 0.0374. The number of nitrogens with one attached hydrogen (secondary N) is 1. The highest BCUT2D eigenvalue weighted by atomic mass is 16.5. The van der Waals surface area contributed by atoms with Crippen LogP contribution in [0.25, 0.3) is 0 Å². The van der Waals surface area contributed by atoms with Crippen LogP contribution in [0.5, 0.6) is 17.2 Å². The van der Waals surface area contributed by atoms with E-state index in [9.17, 15) is 9.59 Å². The van der Waals surface area contributed by atoms with Gasteiger partial charge in [-0.1, -0.05) is 0 Å². The zero-order valence-corrected chi connectivity index (χ0v) is 16.6. The number of carbonyl (C=O) groups excluding carboxylic acids is 2. The van der Waals surface area contributed by atoms with E-state index >= 15 is 0 Å². The molecule has 2 bridgehead atoms. The Labute approximate surface area is 168 Å². The minimum absolute atomic E-state index is 0.290. The molecule has 1 saturated heterocycles. The lowest BCUT2D eigenvalue weighted by Crippen LogP contribution is -2.65. The third kappa shape index (κ3) is 3.00. The SMILES string of the molecule is COC(=O)c1ccc2c(c1)[C@H]1C[C@@](C)(O2)N(c2ccc(OC)cc2OC)C(=O)N1. The molecule has 0 aromatic heterocycles. The van der Waals surface area contributed by atoms with Gasteiger partial charge < -0.3 is 24.3 Å². The standard InChI is InChI=1S/C21H22N2O6/c1-21-11-15(14-9-12(19(24)28-4)5-8-17(14)29-21)22-20(25)23(21)16-7-6-13(26-2)10-18(16)27-3/h5-10,15H,11H2,1-4H3,(H,22,25)/t15-,21-/m1/s1. The van der Waals surface area contributed by atoms with Gasteiger partial charge in [-0.2, -0.15) is 0 Å². The number of hydrogen-bond donors (Lipinski definition) is 1. The molecule has 0 aliphatic carbocycles. The predicted octanol–water partition coefficient (Wildman–Crippen LogP) is 3.26. The van der Waals surface area contributed by atoms with Crippen molar-refractivity contribution in [2.75, 3.05) is 26.2 Å². The Morgan fingerprint density at radius 2 is 1.97 bits per heavy atom. The summed E-state index contributed by atoms with van der Waals surface area (Å²) in [6.45, 7) is 1.86. The fourth-order valence-corrected chi connectivity index (χ4v) is 3.95. The first-order valence-electron chi connectivity index (χ1n) is 9.14. The van der Waals surface area contributed by atoms with Gasteiger partial charge in [0.2, 0.25) is 0 Å². The Balaban J connectivity index is 1.76. The largest absolute Gasteiger partial charge is 0.497 e. The van der Waals surface area contributed by atoms with Crippen LogP contribution in [-0.2, 0) is 4.74 Å². The molecule has 2 aromatic carbocycles. The number of nitrogens with zero attached hydrogens (tertiary/aromatic N) is 1. The van der Waals surface area contributed by atoms with Crippen molar-refractivity contribution in [2.45, 2.75) is 25.1 Å². The fraction of sp³-hybridized carbons (Fsp3) is 0.333. The van der Waals surface area contributed by atoms with Crippen molar-refractivity contribution in [1.29, 1.82) is 0 Å². The van der Waals surface area contributed by atoms with Gasteiger partial charge in [-0.25, -0.2) is 9.59 Å². The molecule has 152 valence electrons. The summed E-state index contributed by atoms with van der Waals surface area (Å²) in [6, 6.07) is 9.72. The summed E-state index contributed by atoms with van der Waals surface area (Å²) >= 11 is 0. The number of esters is 1. The molecule has 0 saturated carbocycles. The average molecular weight is 398 g/mol. The summed E-state index contributed by atoms with van der Waals surface area (Å²) in [6.07, 6.45) is 0.492. The number of urea groups is 1. The lowest BCUT2D eigenvalue weighted by Gasteiger charge is -2.50. The van der Waals surface area contributed by atoms with Crippen LogP contribution in [0.2, 0.25) is 0 Å². The van der Waals surface area contributed by atoms with E-state index < -0.39 is 11.7 Å². The monoisotopic (exact) mass is 398 g/mol. The number of ether oxygens (including phenoxy) is 4. The van der Waals surface area contributed by atoms with E-state index in [4.69, 9.17) is 18.9 Å². The highest BCUT2D eigenvalue weighted by Gasteiger charge is 2.50. The van der Waals surface area contributed by atoms with Crippen LogP contribution in [0.3, 0.4) is 0 Å². The first kappa shape index (κ1) is 18.9. The molecule has 2 aliphatic heterocycles. The first-order valence-corrected chi connectivity index (χ1v) is 9.14. The van der Waals surface area contributed by atoms with Gasteiger partial charge in [0.05, 0.1) is 38.6 Å². The van der Waals surface area contributed by atoms with Gasteiger partial charge in [-0.15, -0.1) is 0 Å². The zero-order valence-electron chi connectivity index (χ0n) is 16.6. The molecular formula is C21H22N2O6. The van der Waals surface area contributed by atoms with Crippen LogP contribution < -0.4 is 24.4 Å². The summed E-state index contributed by atoms with van der Waals surface area (Å²) in [5.41, 5.74) is 0.794. The molecule has 29 heavy (non-hydrogen) atoms. The molecule has 8 nitrogen and oxygen atoms in total. The number of rotatable bonds is 4. The van der Waals surface area contributed by atoms with Crippen LogP contribution in [0.15, 0.2) is 36.4 Å². The number of hydrogen-bond acceptors (Lipinski definition) is 6. The van der Waals surface area contributed by atoms with E-state index in [1.54, 1.807) is 48.4 Å². The van der Waals surface area contributed by atoms with E-state index in [0.29, 0.717) is 34.9 Å². The molecule has 1 fully saturated rings. The topological polar surface area (TPSA) is 86.3 Å². The number of anilines is 1. The molecular weight excluding hydrogens is 376 g/mol. The maximum absolute atomic E-state index is 13.1. The van der Waals surface area contributed by atoms with Crippen molar-refractivity contribution < 1.29 is 28.5 Å². The molecule has 2 aliphatic rings. The molecule has 2 aromatic rings. The minimum Gasteiger partial charge on any atom is -0.497 e. The van der Waals surface area contributed by atoms with E-state index in [-0.39, 0.29) is 12.1 Å². The van der Waals surface area contributed by atoms with Gasteiger partial charge in [0.25, 0.3) is 0 Å². The Hall–Kier alpha value is -3.42. The second-order valence-electron chi connectivity index (χ2n) is 7.10. The maximum atomic E-state index is 13.1. The molecule has 2 heterocycles. The normalized spacial score (nSPS) is 22.1. The van der Waals surface area contributed by atoms with Gasteiger partial charge in [0.1, 0.15) is 17.2 Å². The Kier molecular flexibility index (Phi) is 4.49. The molecule has 0 unspecified atom stereocenters. The average Bonchev–Trinajstić information content (AvgIpc) is 2.72. The van der Waals surface area contributed by atoms with Gasteiger partial charge in [-0.05, 0) is 37.3 Å². The number of benzene rings is 2. The van der Waals surface area contributed by atoms with Crippen LogP contribution in [0.1, 0.15) is 35.3 Å². The smallest absolute Gasteiger partial charge is 0.337 e. The fourth-order valence-electron chi connectivity index (χ4n) is 3.95. The van der Waals surface area contributed by atoms with Gasteiger partial charge in [0.15, 0.2) is 5.72 Å². The zero-order chi connectivity index (χ0) is 20.8. The van der Waals surface area contributed by atoms with Gasteiger partial charge in [0, 0.05) is 18.1 Å². The van der Waals surface area contributed by atoms with E-state index in [0.717, 1.165) is 5.56 Å². The Morgan fingerprint density at radius 3 is 2.66 bits per heavy atom. The highest BCUT2D eigenvalue weighted by Crippen LogP contribution is 2.47. The lowest BCUT2D eigenvalue weighted by atomic mass is 9.89. The maximum Gasteiger partial charge on any atom is 0.337 e. The van der Waals surface area contributed by atoms with Crippen LogP contribution >= 0.6 is 0 Å². The van der Waals surface area contributed by atoms with Crippen LogP contribution in [0, 0.1) is 0 Å². The highest BCUT2D eigenvalue weighted by molar-refractivity contribution is 5.97. The van der Waals surface area contributed by atoms with Crippen molar-refractivity contribution in [1.82, 2.24) is 5.32 Å². The number of carbonyl (C=O) groups is 2. The molecule has 0 radical (unpaired) electrons. The summed E-state index contributed by atoms with van der Waals surface area (Å²) < 4.78 is 21.8. The van der Waals surface area contributed by atoms with E-state index in [1.165, 1.54) is 14.2 Å². The third-order valence-electron chi connectivity index (χ3n) is 5.32. The van der Waals surface area contributed by atoms with Gasteiger partial charge in [-0.3, -0.25) is 4.90 Å². The summed E-state index contributed by atoms with van der Waals surface area (Å²) in [5.74, 6) is 1.28. The first-order chi connectivity index (χ1) is 13.9. The second kappa shape index (κ2) is 6.88. The minimum atomic E-state index is -0.936. The van der Waals surface area contributed by atoms with Gasteiger partial charge >= 0.3 is 12.0 Å². The molecule has 0 spiro atoms. The molecule has 4 rings (SSSR count). The number of fused-ring (bicyclic) bond motifs is 4. The molecule has 1 N–H and O–H groups in total. The van der Waals surface area contributed by atoms with Crippen molar-refractivity contribution in [2.24, 2.45) is 0 Å². The van der Waals surface area contributed by atoms with E-state index in [2.05, 4.69) is 5.32 Å². The third-order valence-corrected chi connectivity index (χ3v) is 5.32. The summed E-state index contributed by atoms with van der Waals surface area (Å²) in [5, 5.41) is 3.01. The second-order valence-corrected chi connectivity index (χ2v) is 7.10. The van der Waals surface area contributed by atoms with Crippen LogP contribution in [0.4, 0.5) is 10.5 Å². The quantitative estimate of drug-likeness (QED) is 0.796. The number of amides is 2. The van der Waals surface area contributed by atoms with E-state index in [1.807, 2.05) is 6.92 Å².